The molecule has 0 bridgehead atoms. The molecule has 1 saturated carbocycles. The first kappa shape index (κ1) is 14.8. The second-order valence-corrected chi connectivity index (χ2v) is 4.90. The van der Waals surface area contributed by atoms with Crippen molar-refractivity contribution in [3.05, 3.63) is 39.4 Å². The molecule has 1 aliphatic rings. The van der Waals surface area contributed by atoms with Crippen LogP contribution in [0.2, 0.25) is 0 Å². The standard InChI is InChI=1S/C13H11F2N3O3/c14-8-5-9(11(15)10(6-8)18(20)21)12(19)17-13(7-16)3-1-2-4-13/h5-6H,1-4H2,(H,17,19). The summed E-state index contributed by atoms with van der Waals surface area (Å²) in [7, 11) is 0. The first-order valence-electron chi connectivity index (χ1n) is 6.26. The van der Waals surface area contributed by atoms with Crippen molar-refractivity contribution in [2.75, 3.05) is 0 Å². The van der Waals surface area contributed by atoms with Crippen molar-refractivity contribution in [3.63, 3.8) is 0 Å². The average Bonchev–Trinajstić information content (AvgIpc) is 2.89. The highest BCUT2D eigenvalue weighted by Crippen LogP contribution is 2.30. The fourth-order valence-corrected chi connectivity index (χ4v) is 2.40. The Morgan fingerprint density at radius 3 is 2.52 bits per heavy atom. The number of nitro benzene ring substituents is 1. The number of nitro groups is 1. The Bertz CT molecular complexity index is 649. The summed E-state index contributed by atoms with van der Waals surface area (Å²) < 4.78 is 27.2. The molecule has 1 aliphatic carbocycles. The number of hydrogen-bond acceptors (Lipinski definition) is 4. The normalized spacial score (nSPS) is 16.2. The lowest BCUT2D eigenvalue weighted by Crippen LogP contribution is -2.45. The molecular weight excluding hydrogens is 284 g/mol. The molecular formula is C13H11F2N3O3. The van der Waals surface area contributed by atoms with Gasteiger partial charge in [0.1, 0.15) is 11.4 Å². The van der Waals surface area contributed by atoms with Crippen LogP contribution in [0.5, 0.6) is 0 Å². The fraction of sp³-hybridized carbons (Fsp3) is 0.385. The molecule has 21 heavy (non-hydrogen) atoms. The van der Waals surface area contributed by atoms with Gasteiger partial charge in [-0.15, -0.1) is 0 Å². The third kappa shape index (κ3) is 2.81. The lowest BCUT2D eigenvalue weighted by Gasteiger charge is -2.22. The summed E-state index contributed by atoms with van der Waals surface area (Å²) in [4.78, 5) is 21.5. The maximum Gasteiger partial charge on any atom is 0.308 e. The molecule has 1 aromatic rings. The molecule has 1 N–H and O–H groups in total. The minimum Gasteiger partial charge on any atom is -0.334 e. The van der Waals surface area contributed by atoms with Crippen LogP contribution in [-0.2, 0) is 0 Å². The van der Waals surface area contributed by atoms with E-state index in [0.29, 0.717) is 25.0 Å². The fourth-order valence-electron chi connectivity index (χ4n) is 2.40. The molecule has 0 atom stereocenters. The van der Waals surface area contributed by atoms with Crippen molar-refractivity contribution in [3.8, 4) is 6.07 Å². The maximum atomic E-state index is 13.9. The van der Waals surface area contributed by atoms with Crippen molar-refractivity contribution in [1.82, 2.24) is 5.32 Å². The second kappa shape index (κ2) is 5.44. The van der Waals surface area contributed by atoms with E-state index in [-0.39, 0.29) is 0 Å². The minimum absolute atomic E-state index is 0.405. The van der Waals surface area contributed by atoms with Crippen LogP contribution in [0, 0.1) is 33.1 Å². The quantitative estimate of drug-likeness (QED) is 0.684. The molecule has 0 unspecified atom stereocenters. The summed E-state index contributed by atoms with van der Waals surface area (Å²) in [6, 6.07) is 2.95. The van der Waals surface area contributed by atoms with Gasteiger partial charge in [0.15, 0.2) is 0 Å². The summed E-state index contributed by atoms with van der Waals surface area (Å²) in [6.07, 6.45) is 2.29. The number of nitrogens with zero attached hydrogens (tertiary/aromatic N) is 2. The number of carbonyl (C=O) groups is 1. The molecule has 0 aliphatic heterocycles. The Labute approximate surface area is 118 Å². The highest BCUT2D eigenvalue weighted by atomic mass is 19.1. The van der Waals surface area contributed by atoms with Gasteiger partial charge in [-0.1, -0.05) is 0 Å². The van der Waals surface area contributed by atoms with Crippen LogP contribution < -0.4 is 5.32 Å². The number of carbonyl (C=O) groups excluding carboxylic acids is 1. The van der Waals surface area contributed by atoms with E-state index in [9.17, 15) is 23.7 Å². The van der Waals surface area contributed by atoms with Crippen molar-refractivity contribution in [1.29, 1.82) is 5.26 Å². The topological polar surface area (TPSA) is 96.0 Å². The molecule has 1 amide bonds. The van der Waals surface area contributed by atoms with E-state index in [1.165, 1.54) is 0 Å². The van der Waals surface area contributed by atoms with E-state index in [2.05, 4.69) is 5.32 Å². The molecule has 2 rings (SSSR count). The van der Waals surface area contributed by atoms with E-state index in [1.807, 2.05) is 6.07 Å². The van der Waals surface area contributed by atoms with Gasteiger partial charge >= 0.3 is 5.69 Å². The van der Waals surface area contributed by atoms with Gasteiger partial charge in [0, 0.05) is 0 Å². The molecule has 0 spiro atoms. The van der Waals surface area contributed by atoms with Gasteiger partial charge in [-0.2, -0.15) is 9.65 Å². The highest BCUT2D eigenvalue weighted by Gasteiger charge is 2.37. The molecule has 6 nitrogen and oxygen atoms in total. The first-order chi connectivity index (χ1) is 9.88. The molecule has 1 fully saturated rings. The summed E-state index contributed by atoms with van der Waals surface area (Å²) in [5, 5.41) is 22.1. The Morgan fingerprint density at radius 1 is 1.38 bits per heavy atom. The number of benzene rings is 1. The lowest BCUT2D eigenvalue weighted by atomic mass is 9.99. The minimum atomic E-state index is -1.41. The Balaban J connectivity index is 2.36. The summed E-state index contributed by atoms with van der Waals surface area (Å²) >= 11 is 0. The van der Waals surface area contributed by atoms with Crippen molar-refractivity contribution in [2.45, 2.75) is 31.2 Å². The number of rotatable bonds is 3. The smallest absolute Gasteiger partial charge is 0.308 e. The third-order valence-corrected chi connectivity index (χ3v) is 3.48. The van der Waals surface area contributed by atoms with Gasteiger partial charge in [0.2, 0.25) is 5.82 Å². The van der Waals surface area contributed by atoms with Crippen LogP contribution in [0.3, 0.4) is 0 Å². The molecule has 110 valence electrons. The summed E-state index contributed by atoms with van der Waals surface area (Å²) in [6.45, 7) is 0. The number of nitriles is 1. The average molecular weight is 295 g/mol. The SMILES string of the molecule is N#CC1(NC(=O)c2cc(F)cc([N+](=O)[O-])c2F)CCCC1. The molecule has 0 heterocycles. The Morgan fingerprint density at radius 2 is 2.00 bits per heavy atom. The van der Waals surface area contributed by atoms with Crippen molar-refractivity contribution in [2.24, 2.45) is 0 Å². The molecule has 0 saturated heterocycles. The van der Waals surface area contributed by atoms with Crippen molar-refractivity contribution >= 4 is 11.6 Å². The van der Waals surface area contributed by atoms with Crippen LogP contribution in [0.25, 0.3) is 0 Å². The predicted molar refractivity (Wildman–Crippen MR) is 67.3 cm³/mol. The van der Waals surface area contributed by atoms with E-state index < -0.39 is 39.3 Å². The maximum absolute atomic E-state index is 13.9. The monoisotopic (exact) mass is 295 g/mol. The number of nitrogens with one attached hydrogen (secondary N) is 1. The van der Waals surface area contributed by atoms with E-state index in [4.69, 9.17) is 5.26 Å². The first-order valence-corrected chi connectivity index (χ1v) is 6.26. The Hall–Kier alpha value is -2.56. The van der Waals surface area contributed by atoms with Crippen LogP contribution in [0.4, 0.5) is 14.5 Å². The van der Waals surface area contributed by atoms with Crippen LogP contribution in [-0.4, -0.2) is 16.4 Å². The van der Waals surface area contributed by atoms with E-state index >= 15 is 0 Å². The highest BCUT2D eigenvalue weighted by molar-refractivity contribution is 5.96. The summed E-state index contributed by atoms with van der Waals surface area (Å²) in [5.74, 6) is -3.53. The van der Waals surface area contributed by atoms with Crippen molar-refractivity contribution < 1.29 is 18.5 Å². The summed E-state index contributed by atoms with van der Waals surface area (Å²) in [5.41, 5.74) is -3.01. The lowest BCUT2D eigenvalue weighted by molar-refractivity contribution is -0.387. The van der Waals surface area contributed by atoms with Gasteiger partial charge in [0.25, 0.3) is 5.91 Å². The zero-order valence-corrected chi connectivity index (χ0v) is 10.9. The molecule has 0 aromatic heterocycles. The van der Waals surface area contributed by atoms with E-state index in [0.717, 1.165) is 12.8 Å². The second-order valence-electron chi connectivity index (χ2n) is 4.90. The van der Waals surface area contributed by atoms with Gasteiger partial charge in [-0.25, -0.2) is 4.39 Å². The van der Waals surface area contributed by atoms with Gasteiger partial charge in [-0.3, -0.25) is 14.9 Å². The van der Waals surface area contributed by atoms with Gasteiger partial charge in [0.05, 0.1) is 22.6 Å². The van der Waals surface area contributed by atoms with Crippen LogP contribution in [0.1, 0.15) is 36.0 Å². The largest absolute Gasteiger partial charge is 0.334 e. The molecule has 8 heteroatoms. The van der Waals surface area contributed by atoms with E-state index in [1.54, 1.807) is 0 Å². The zero-order valence-electron chi connectivity index (χ0n) is 10.9. The number of halogens is 2. The van der Waals surface area contributed by atoms with Gasteiger partial charge in [-0.05, 0) is 31.7 Å². The number of hydrogen-bond donors (Lipinski definition) is 1. The Kier molecular flexibility index (Phi) is 3.84. The van der Waals surface area contributed by atoms with Crippen LogP contribution in [0.15, 0.2) is 12.1 Å². The van der Waals surface area contributed by atoms with Gasteiger partial charge < -0.3 is 5.32 Å². The number of amides is 1. The third-order valence-electron chi connectivity index (χ3n) is 3.48. The van der Waals surface area contributed by atoms with Crippen LogP contribution >= 0.6 is 0 Å². The predicted octanol–water partition coefficient (Wildman–Crippen LogP) is 2.44. The molecule has 0 radical (unpaired) electrons. The molecule has 1 aromatic carbocycles. The zero-order chi connectivity index (χ0) is 15.6.